The highest BCUT2D eigenvalue weighted by atomic mass is 16.5. The molecule has 0 saturated heterocycles. The molecule has 0 amide bonds. The summed E-state index contributed by atoms with van der Waals surface area (Å²) in [7, 11) is 1.64. The smallest absolute Gasteiger partial charge is 0.154 e. The van der Waals surface area contributed by atoms with Crippen molar-refractivity contribution in [3.05, 3.63) is 83.9 Å². The van der Waals surface area contributed by atoms with Gasteiger partial charge < -0.3 is 4.74 Å². The summed E-state index contributed by atoms with van der Waals surface area (Å²) in [6.45, 7) is 0. The summed E-state index contributed by atoms with van der Waals surface area (Å²) in [6, 6.07) is 13.4. The van der Waals surface area contributed by atoms with Crippen molar-refractivity contribution < 1.29 is 4.74 Å². The highest BCUT2D eigenvalue weighted by molar-refractivity contribution is 6.18. The van der Waals surface area contributed by atoms with Crippen LogP contribution in [0.1, 0.15) is 16.7 Å². The zero-order chi connectivity index (χ0) is 17.1. The zero-order valence-electron chi connectivity index (χ0n) is 13.5. The number of hydrazone groups is 1. The lowest BCUT2D eigenvalue weighted by Gasteiger charge is -2.09. The van der Waals surface area contributed by atoms with E-state index in [0.717, 1.165) is 33.8 Å². The molecule has 0 spiro atoms. The molecule has 0 fully saturated rings. The van der Waals surface area contributed by atoms with Crippen molar-refractivity contribution in [2.75, 3.05) is 7.11 Å². The van der Waals surface area contributed by atoms with Crippen molar-refractivity contribution >= 4 is 17.2 Å². The minimum Gasteiger partial charge on any atom is -0.497 e. The first-order chi connectivity index (χ1) is 12.3. The van der Waals surface area contributed by atoms with Crippen LogP contribution in [0, 0.1) is 0 Å². The molecule has 0 aliphatic carbocycles. The number of methoxy groups -OCH3 is 1. The second-order valence-electron chi connectivity index (χ2n) is 5.39. The first-order valence-electron chi connectivity index (χ1n) is 7.77. The molecule has 3 heterocycles. The number of nitrogens with one attached hydrogen (secondary N) is 1. The molecule has 1 aliphatic heterocycles. The standard InChI is InChI=1S/C19H15N5O/c1-25-15-2-3-17-16(12-15)18(13-4-8-20-9-5-13)23-24-19(22-17)14-6-10-21-11-7-14/h2-12H,1H3,(H,22,24). The fraction of sp³-hybridized carbons (Fsp3) is 0.0526. The third kappa shape index (κ3) is 2.97. The van der Waals surface area contributed by atoms with Gasteiger partial charge in [0.2, 0.25) is 0 Å². The number of rotatable bonds is 3. The van der Waals surface area contributed by atoms with Gasteiger partial charge in [-0.1, -0.05) is 0 Å². The molecule has 3 aromatic rings. The summed E-state index contributed by atoms with van der Waals surface area (Å²) in [5, 5.41) is 4.60. The first-order valence-corrected chi connectivity index (χ1v) is 7.77. The lowest BCUT2D eigenvalue weighted by Crippen LogP contribution is -2.19. The molecular weight excluding hydrogens is 314 g/mol. The van der Waals surface area contributed by atoms with E-state index in [1.807, 2.05) is 42.5 Å². The molecule has 0 bridgehead atoms. The van der Waals surface area contributed by atoms with E-state index in [0.29, 0.717) is 5.84 Å². The lowest BCUT2D eigenvalue weighted by atomic mass is 10.0. The van der Waals surface area contributed by atoms with Gasteiger partial charge in [-0.15, -0.1) is 0 Å². The monoisotopic (exact) mass is 329 g/mol. The summed E-state index contributed by atoms with van der Waals surface area (Å²) >= 11 is 0. The number of benzene rings is 1. The Balaban J connectivity index is 1.89. The number of hydrogen-bond acceptors (Lipinski definition) is 6. The molecule has 0 unspecified atom stereocenters. The number of nitrogens with zero attached hydrogens (tertiary/aromatic N) is 4. The van der Waals surface area contributed by atoms with E-state index in [4.69, 9.17) is 9.73 Å². The third-order valence-corrected chi connectivity index (χ3v) is 3.87. The van der Waals surface area contributed by atoms with Gasteiger partial charge in [0.25, 0.3) is 0 Å². The van der Waals surface area contributed by atoms with Gasteiger partial charge in [-0.2, -0.15) is 5.10 Å². The molecule has 4 rings (SSSR count). The Kier molecular flexibility index (Phi) is 3.92. The highest BCUT2D eigenvalue weighted by Crippen LogP contribution is 2.29. The largest absolute Gasteiger partial charge is 0.497 e. The molecule has 1 aromatic carbocycles. The quantitative estimate of drug-likeness (QED) is 0.802. The van der Waals surface area contributed by atoms with E-state index in [2.05, 4.69) is 20.5 Å². The Labute approximate surface area is 144 Å². The van der Waals surface area contributed by atoms with Crippen LogP contribution in [0.4, 0.5) is 5.69 Å². The van der Waals surface area contributed by atoms with Gasteiger partial charge in [0, 0.05) is 41.5 Å². The number of aliphatic imine (C=N–C) groups is 1. The summed E-state index contributed by atoms with van der Waals surface area (Å²) < 4.78 is 5.37. The predicted molar refractivity (Wildman–Crippen MR) is 96.4 cm³/mol. The Morgan fingerprint density at radius 2 is 1.52 bits per heavy atom. The lowest BCUT2D eigenvalue weighted by molar-refractivity contribution is 0.415. The Morgan fingerprint density at radius 1 is 0.840 bits per heavy atom. The highest BCUT2D eigenvalue weighted by Gasteiger charge is 2.18. The summed E-state index contributed by atoms with van der Waals surface area (Å²) in [5.74, 6) is 1.42. The van der Waals surface area contributed by atoms with Crippen LogP contribution in [0.3, 0.4) is 0 Å². The van der Waals surface area contributed by atoms with Crippen LogP contribution < -0.4 is 10.2 Å². The van der Waals surface area contributed by atoms with E-state index in [1.165, 1.54) is 0 Å². The van der Waals surface area contributed by atoms with Crippen molar-refractivity contribution in [3.63, 3.8) is 0 Å². The van der Waals surface area contributed by atoms with Gasteiger partial charge in [-0.05, 0) is 42.5 Å². The fourth-order valence-corrected chi connectivity index (χ4v) is 2.61. The maximum absolute atomic E-state index is 5.37. The van der Waals surface area contributed by atoms with Gasteiger partial charge in [-0.25, -0.2) is 4.99 Å². The Morgan fingerprint density at radius 3 is 2.20 bits per heavy atom. The molecule has 1 N–H and O–H groups in total. The van der Waals surface area contributed by atoms with E-state index in [1.54, 1.807) is 31.9 Å². The number of pyridine rings is 2. The number of fused-ring (bicyclic) bond motifs is 1. The molecule has 2 aromatic heterocycles. The molecule has 0 atom stereocenters. The number of ether oxygens (including phenoxy) is 1. The SMILES string of the molecule is COc1ccc2c(c1)C(c1ccncc1)=NNC(c1ccncc1)=N2. The van der Waals surface area contributed by atoms with Crippen molar-refractivity contribution in [2.24, 2.45) is 10.1 Å². The minimum absolute atomic E-state index is 0.665. The van der Waals surface area contributed by atoms with Crippen LogP contribution in [0.2, 0.25) is 0 Å². The van der Waals surface area contributed by atoms with E-state index < -0.39 is 0 Å². The average molecular weight is 329 g/mol. The topological polar surface area (TPSA) is 71.8 Å². The second-order valence-corrected chi connectivity index (χ2v) is 5.39. The molecular formula is C19H15N5O. The van der Waals surface area contributed by atoms with Crippen molar-refractivity contribution in [3.8, 4) is 5.75 Å². The van der Waals surface area contributed by atoms with Crippen molar-refractivity contribution in [1.29, 1.82) is 0 Å². The number of hydrogen-bond donors (Lipinski definition) is 1. The van der Waals surface area contributed by atoms with Gasteiger partial charge in [0.15, 0.2) is 5.84 Å². The molecule has 6 heteroatoms. The van der Waals surface area contributed by atoms with Gasteiger partial charge in [-0.3, -0.25) is 15.4 Å². The zero-order valence-corrected chi connectivity index (χ0v) is 13.5. The predicted octanol–water partition coefficient (Wildman–Crippen LogP) is 2.92. The number of aromatic nitrogens is 2. The van der Waals surface area contributed by atoms with E-state index in [9.17, 15) is 0 Å². The molecule has 122 valence electrons. The van der Waals surface area contributed by atoms with Crippen LogP contribution in [-0.4, -0.2) is 28.6 Å². The Hall–Kier alpha value is -3.54. The maximum Gasteiger partial charge on any atom is 0.154 e. The minimum atomic E-state index is 0.665. The normalized spacial score (nSPS) is 13.0. The van der Waals surface area contributed by atoms with Gasteiger partial charge >= 0.3 is 0 Å². The maximum atomic E-state index is 5.37. The number of amidine groups is 1. The molecule has 1 aliphatic rings. The van der Waals surface area contributed by atoms with Crippen LogP contribution in [0.15, 0.2) is 77.3 Å². The van der Waals surface area contributed by atoms with Crippen molar-refractivity contribution in [2.45, 2.75) is 0 Å². The van der Waals surface area contributed by atoms with Crippen LogP contribution in [0.25, 0.3) is 0 Å². The summed E-state index contributed by atoms with van der Waals surface area (Å²) in [4.78, 5) is 12.9. The molecule has 0 radical (unpaired) electrons. The third-order valence-electron chi connectivity index (χ3n) is 3.87. The molecule has 6 nitrogen and oxygen atoms in total. The average Bonchev–Trinajstić information content (AvgIpc) is 2.88. The van der Waals surface area contributed by atoms with Crippen LogP contribution in [-0.2, 0) is 0 Å². The van der Waals surface area contributed by atoms with E-state index >= 15 is 0 Å². The molecule has 25 heavy (non-hydrogen) atoms. The fourth-order valence-electron chi connectivity index (χ4n) is 2.61. The second kappa shape index (κ2) is 6.52. The summed E-state index contributed by atoms with van der Waals surface area (Å²) in [6.07, 6.45) is 6.94. The van der Waals surface area contributed by atoms with Crippen molar-refractivity contribution in [1.82, 2.24) is 15.4 Å². The summed E-state index contributed by atoms with van der Waals surface area (Å²) in [5.41, 5.74) is 7.43. The van der Waals surface area contributed by atoms with E-state index in [-0.39, 0.29) is 0 Å². The Bertz CT molecular complexity index is 952. The first kappa shape index (κ1) is 15.0. The van der Waals surface area contributed by atoms with Gasteiger partial charge in [0.05, 0.1) is 12.8 Å². The molecule has 0 saturated carbocycles. The van der Waals surface area contributed by atoms with Crippen LogP contribution >= 0.6 is 0 Å². The van der Waals surface area contributed by atoms with Crippen LogP contribution in [0.5, 0.6) is 5.75 Å². The van der Waals surface area contributed by atoms with Gasteiger partial charge in [0.1, 0.15) is 11.5 Å².